The molecule has 28 heavy (non-hydrogen) atoms. The highest BCUT2D eigenvalue weighted by molar-refractivity contribution is 7.89. The molecule has 0 bridgehead atoms. The predicted molar refractivity (Wildman–Crippen MR) is 107 cm³/mol. The summed E-state index contributed by atoms with van der Waals surface area (Å²) in [6.45, 7) is 0.499. The molecule has 146 valence electrons. The molecular weight excluding hydrogens is 374 g/mol. The first kappa shape index (κ1) is 18.8. The van der Waals surface area contributed by atoms with Crippen molar-refractivity contribution < 1.29 is 13.2 Å². The van der Waals surface area contributed by atoms with Gasteiger partial charge < -0.3 is 4.90 Å². The van der Waals surface area contributed by atoms with E-state index >= 15 is 0 Å². The molecule has 0 atom stereocenters. The highest BCUT2D eigenvalue weighted by Crippen LogP contribution is 2.28. The molecule has 7 heteroatoms. The third-order valence-corrected chi connectivity index (χ3v) is 6.37. The minimum Gasteiger partial charge on any atom is -0.330 e. The molecule has 0 unspecified atom stereocenters. The van der Waals surface area contributed by atoms with Gasteiger partial charge >= 0.3 is 0 Å². The number of carbonyl (C=O) groups is 1. The van der Waals surface area contributed by atoms with Gasteiger partial charge in [0, 0.05) is 24.4 Å². The van der Waals surface area contributed by atoms with Crippen molar-refractivity contribution in [2.75, 3.05) is 0 Å². The second kappa shape index (κ2) is 7.85. The number of aromatic nitrogens is 1. The van der Waals surface area contributed by atoms with Gasteiger partial charge in [0.2, 0.25) is 15.9 Å². The van der Waals surface area contributed by atoms with Crippen molar-refractivity contribution in [3.8, 4) is 0 Å². The summed E-state index contributed by atoms with van der Waals surface area (Å²) in [5.74, 6) is -0.0553. The van der Waals surface area contributed by atoms with Crippen molar-refractivity contribution in [1.82, 2.24) is 14.6 Å². The van der Waals surface area contributed by atoms with Gasteiger partial charge in [-0.2, -0.15) is 0 Å². The van der Waals surface area contributed by atoms with Crippen LogP contribution in [0, 0.1) is 0 Å². The van der Waals surface area contributed by atoms with Gasteiger partial charge in [0.1, 0.15) is 0 Å². The van der Waals surface area contributed by atoms with E-state index in [9.17, 15) is 13.2 Å². The fraction of sp³-hybridized carbons (Fsp3) is 0.333. The molecule has 2 fully saturated rings. The molecule has 0 aliphatic heterocycles. The van der Waals surface area contributed by atoms with E-state index in [0.29, 0.717) is 6.54 Å². The highest BCUT2D eigenvalue weighted by Gasteiger charge is 2.31. The number of pyridine rings is 1. The Morgan fingerprint density at radius 3 is 2.46 bits per heavy atom. The summed E-state index contributed by atoms with van der Waals surface area (Å²) in [7, 11) is -3.45. The summed E-state index contributed by atoms with van der Waals surface area (Å²) in [5, 5.41) is 0. The molecule has 1 N–H and O–H groups in total. The average Bonchev–Trinajstić information content (AvgIpc) is 3.60. The second-order valence-corrected chi connectivity index (χ2v) is 9.03. The topological polar surface area (TPSA) is 79.4 Å². The molecule has 0 radical (unpaired) electrons. The smallest absolute Gasteiger partial charge is 0.247 e. The molecule has 4 rings (SSSR count). The number of rotatable bonds is 8. The lowest BCUT2D eigenvalue weighted by Crippen LogP contribution is -2.31. The monoisotopic (exact) mass is 397 g/mol. The van der Waals surface area contributed by atoms with Crippen molar-refractivity contribution in [2.24, 2.45) is 0 Å². The van der Waals surface area contributed by atoms with Gasteiger partial charge in [-0.25, -0.2) is 13.1 Å². The molecule has 0 spiro atoms. The van der Waals surface area contributed by atoms with E-state index in [1.165, 1.54) is 0 Å². The highest BCUT2D eigenvalue weighted by atomic mass is 32.2. The van der Waals surface area contributed by atoms with Crippen molar-refractivity contribution >= 4 is 22.0 Å². The summed E-state index contributed by atoms with van der Waals surface area (Å²) in [6, 6.07) is 12.6. The van der Waals surface area contributed by atoms with Crippen LogP contribution < -0.4 is 4.72 Å². The number of carbonyl (C=O) groups excluding carboxylic acids is 1. The average molecular weight is 398 g/mol. The number of sulfonamides is 1. The zero-order valence-electron chi connectivity index (χ0n) is 15.5. The summed E-state index contributed by atoms with van der Waals surface area (Å²) < 4.78 is 27.1. The SMILES string of the molecule is O=C(C=Cc1ccc(S(=O)(=O)NC2CC2)cc1)N(Cc1ccccn1)C1CC1. The van der Waals surface area contributed by atoms with Crippen LogP contribution in [0.5, 0.6) is 0 Å². The van der Waals surface area contributed by atoms with Crippen LogP contribution in [0.1, 0.15) is 36.9 Å². The summed E-state index contributed by atoms with van der Waals surface area (Å²) >= 11 is 0. The van der Waals surface area contributed by atoms with Crippen LogP contribution in [-0.4, -0.2) is 36.3 Å². The van der Waals surface area contributed by atoms with Gasteiger partial charge in [-0.15, -0.1) is 0 Å². The van der Waals surface area contributed by atoms with Crippen LogP contribution >= 0.6 is 0 Å². The van der Waals surface area contributed by atoms with E-state index in [-0.39, 0.29) is 22.9 Å². The molecule has 1 heterocycles. The Bertz CT molecular complexity index is 964. The molecule has 6 nitrogen and oxygen atoms in total. The first-order valence-corrected chi connectivity index (χ1v) is 11.0. The van der Waals surface area contributed by atoms with Crippen molar-refractivity contribution in [3.05, 3.63) is 66.0 Å². The number of nitrogens with zero attached hydrogens (tertiary/aromatic N) is 2. The maximum Gasteiger partial charge on any atom is 0.247 e. The second-order valence-electron chi connectivity index (χ2n) is 7.32. The Hall–Kier alpha value is -2.51. The van der Waals surface area contributed by atoms with E-state index < -0.39 is 10.0 Å². The maximum atomic E-state index is 12.7. The van der Waals surface area contributed by atoms with Crippen molar-refractivity contribution in [1.29, 1.82) is 0 Å². The first-order chi connectivity index (χ1) is 13.5. The minimum atomic E-state index is -3.45. The largest absolute Gasteiger partial charge is 0.330 e. The normalized spacial score (nSPS) is 17.0. The molecule has 0 saturated heterocycles. The van der Waals surface area contributed by atoms with Crippen LogP contribution in [-0.2, 0) is 21.4 Å². The number of amides is 1. The lowest BCUT2D eigenvalue weighted by molar-refractivity contribution is -0.127. The molecule has 1 aromatic carbocycles. The Morgan fingerprint density at radius 2 is 1.86 bits per heavy atom. The molecule has 2 saturated carbocycles. The molecule has 1 amide bonds. The maximum absolute atomic E-state index is 12.7. The predicted octanol–water partition coefficient (Wildman–Crippen LogP) is 2.73. The van der Waals surface area contributed by atoms with Gasteiger partial charge in [0.25, 0.3) is 0 Å². The van der Waals surface area contributed by atoms with Gasteiger partial charge in [-0.1, -0.05) is 18.2 Å². The zero-order chi connectivity index (χ0) is 19.6. The standard InChI is InChI=1S/C21H23N3O3S/c25-21(24(19-9-10-19)15-18-3-1-2-14-22-18)13-6-16-4-11-20(12-5-16)28(26,27)23-17-7-8-17/h1-6,11-14,17,19,23H,7-10,15H2. The van der Waals surface area contributed by atoms with Crippen molar-refractivity contribution in [2.45, 2.75) is 49.2 Å². The van der Waals surface area contributed by atoms with E-state index in [1.807, 2.05) is 23.1 Å². The van der Waals surface area contributed by atoms with Gasteiger partial charge in [-0.05, 0) is 61.6 Å². The molecule has 2 aromatic rings. The van der Waals surface area contributed by atoms with Crippen LogP contribution in [0.15, 0.2) is 59.6 Å². The van der Waals surface area contributed by atoms with Gasteiger partial charge in [0.05, 0.1) is 17.1 Å². The fourth-order valence-corrected chi connectivity index (χ4v) is 4.25. The Labute approximate surface area is 165 Å². The number of nitrogens with one attached hydrogen (secondary N) is 1. The lowest BCUT2D eigenvalue weighted by Gasteiger charge is -2.20. The summed E-state index contributed by atoms with van der Waals surface area (Å²) in [6.07, 6.45) is 8.85. The van der Waals surface area contributed by atoms with E-state index in [4.69, 9.17) is 0 Å². The van der Waals surface area contributed by atoms with E-state index in [1.54, 1.807) is 42.6 Å². The van der Waals surface area contributed by atoms with E-state index in [2.05, 4.69) is 9.71 Å². The lowest BCUT2D eigenvalue weighted by atomic mass is 10.2. The number of hydrogen-bond donors (Lipinski definition) is 1. The Morgan fingerprint density at radius 1 is 1.11 bits per heavy atom. The summed E-state index contributed by atoms with van der Waals surface area (Å²) in [4.78, 5) is 19.1. The van der Waals surface area contributed by atoms with Gasteiger partial charge in [-0.3, -0.25) is 9.78 Å². The van der Waals surface area contributed by atoms with Gasteiger partial charge in [0.15, 0.2) is 0 Å². The Balaban J connectivity index is 1.41. The molecular formula is C21H23N3O3S. The molecule has 2 aliphatic carbocycles. The van der Waals surface area contributed by atoms with Crippen molar-refractivity contribution in [3.63, 3.8) is 0 Å². The third-order valence-electron chi connectivity index (χ3n) is 4.84. The molecule has 2 aliphatic rings. The van der Waals surface area contributed by atoms with Crippen LogP contribution in [0.3, 0.4) is 0 Å². The fourth-order valence-electron chi connectivity index (χ4n) is 2.95. The zero-order valence-corrected chi connectivity index (χ0v) is 16.3. The number of benzene rings is 1. The quantitative estimate of drug-likeness (QED) is 0.695. The van der Waals surface area contributed by atoms with Crippen LogP contribution in [0.4, 0.5) is 0 Å². The Kier molecular flexibility index (Phi) is 5.28. The van der Waals surface area contributed by atoms with Crippen LogP contribution in [0.25, 0.3) is 6.08 Å². The van der Waals surface area contributed by atoms with Crippen LogP contribution in [0.2, 0.25) is 0 Å². The summed E-state index contributed by atoms with van der Waals surface area (Å²) in [5.41, 5.74) is 1.65. The number of hydrogen-bond acceptors (Lipinski definition) is 4. The first-order valence-electron chi connectivity index (χ1n) is 9.52. The molecule has 1 aromatic heterocycles. The third kappa shape index (κ3) is 4.85. The minimum absolute atomic E-state index is 0.0553. The van der Waals surface area contributed by atoms with E-state index in [0.717, 1.165) is 36.9 Å².